The van der Waals surface area contributed by atoms with Crippen LogP contribution in [0, 0.1) is 0 Å². The van der Waals surface area contributed by atoms with Crippen molar-refractivity contribution >= 4 is 11.8 Å². The maximum Gasteiger partial charge on any atom is 0.269 e. The number of hydrazine groups is 1. The number of hydrogen-bond acceptors (Lipinski definition) is 4. The van der Waals surface area contributed by atoms with Crippen LogP contribution in [0.25, 0.3) is 0 Å². The Morgan fingerprint density at radius 2 is 1.46 bits per heavy atom. The zero-order chi connectivity index (χ0) is 20.7. The third-order valence-corrected chi connectivity index (χ3v) is 4.19. The smallest absolute Gasteiger partial charge is 0.269 e. The normalized spacial score (nSPS) is 10.9. The van der Waals surface area contributed by atoms with E-state index in [1.165, 1.54) is 7.11 Å². The van der Waals surface area contributed by atoms with E-state index in [-0.39, 0.29) is 11.3 Å². The molecule has 0 bridgehead atoms. The van der Waals surface area contributed by atoms with Gasteiger partial charge in [0, 0.05) is 11.1 Å². The van der Waals surface area contributed by atoms with E-state index < -0.39 is 5.91 Å². The van der Waals surface area contributed by atoms with Crippen LogP contribution in [0.5, 0.6) is 11.5 Å². The molecule has 0 aliphatic rings. The summed E-state index contributed by atoms with van der Waals surface area (Å²) in [7, 11) is 1.51. The second-order valence-corrected chi connectivity index (χ2v) is 7.45. The zero-order valence-electron chi connectivity index (χ0n) is 17.1. The third kappa shape index (κ3) is 5.49. The van der Waals surface area contributed by atoms with Crippen LogP contribution >= 0.6 is 0 Å². The molecule has 0 unspecified atom stereocenters. The fourth-order valence-electron chi connectivity index (χ4n) is 2.52. The molecule has 6 heteroatoms. The van der Waals surface area contributed by atoms with Crippen LogP contribution in [0.3, 0.4) is 0 Å². The van der Waals surface area contributed by atoms with Crippen molar-refractivity contribution in [3.05, 3.63) is 59.2 Å². The van der Waals surface area contributed by atoms with Crippen LogP contribution in [-0.2, 0) is 5.41 Å². The van der Waals surface area contributed by atoms with E-state index >= 15 is 0 Å². The van der Waals surface area contributed by atoms with E-state index in [2.05, 4.69) is 31.6 Å². The minimum atomic E-state index is -0.444. The van der Waals surface area contributed by atoms with Gasteiger partial charge in [0.05, 0.1) is 13.7 Å². The van der Waals surface area contributed by atoms with Gasteiger partial charge in [-0.3, -0.25) is 20.4 Å². The van der Waals surface area contributed by atoms with Crippen molar-refractivity contribution < 1.29 is 19.1 Å². The van der Waals surface area contributed by atoms with Gasteiger partial charge in [-0.15, -0.1) is 0 Å². The second-order valence-electron chi connectivity index (χ2n) is 7.45. The monoisotopic (exact) mass is 384 g/mol. The molecule has 2 amide bonds. The highest BCUT2D eigenvalue weighted by molar-refractivity contribution is 5.99. The van der Waals surface area contributed by atoms with E-state index in [1.54, 1.807) is 30.3 Å². The highest BCUT2D eigenvalue weighted by atomic mass is 16.5. The maximum absolute atomic E-state index is 12.3. The lowest BCUT2D eigenvalue weighted by Gasteiger charge is -2.19. The van der Waals surface area contributed by atoms with Crippen molar-refractivity contribution in [1.82, 2.24) is 10.9 Å². The highest BCUT2D eigenvalue weighted by Crippen LogP contribution is 2.28. The van der Waals surface area contributed by atoms with Crippen LogP contribution in [0.4, 0.5) is 0 Å². The first-order valence-corrected chi connectivity index (χ1v) is 9.28. The van der Waals surface area contributed by atoms with Gasteiger partial charge >= 0.3 is 0 Å². The van der Waals surface area contributed by atoms with E-state index in [0.717, 1.165) is 12.0 Å². The number of benzene rings is 2. The summed E-state index contributed by atoms with van der Waals surface area (Å²) in [5.74, 6) is 0.206. The van der Waals surface area contributed by atoms with Gasteiger partial charge in [0.1, 0.15) is 0 Å². The molecule has 2 aromatic rings. The lowest BCUT2D eigenvalue weighted by molar-refractivity contribution is 0.0846. The Labute approximate surface area is 166 Å². The fourth-order valence-corrected chi connectivity index (χ4v) is 2.52. The summed E-state index contributed by atoms with van der Waals surface area (Å²) in [5.41, 5.74) is 6.81. The van der Waals surface area contributed by atoms with Crippen molar-refractivity contribution in [2.24, 2.45) is 0 Å². The van der Waals surface area contributed by atoms with E-state index in [1.807, 2.05) is 19.1 Å². The van der Waals surface area contributed by atoms with Gasteiger partial charge in [0.25, 0.3) is 11.8 Å². The van der Waals surface area contributed by atoms with E-state index in [9.17, 15) is 9.59 Å². The summed E-state index contributed by atoms with van der Waals surface area (Å²) < 4.78 is 10.8. The van der Waals surface area contributed by atoms with Gasteiger partial charge in [-0.25, -0.2) is 0 Å². The van der Waals surface area contributed by atoms with Gasteiger partial charge in [0.2, 0.25) is 0 Å². The Morgan fingerprint density at radius 1 is 0.893 bits per heavy atom. The highest BCUT2D eigenvalue weighted by Gasteiger charge is 2.15. The molecule has 2 rings (SSSR count). The van der Waals surface area contributed by atoms with Crippen molar-refractivity contribution in [2.75, 3.05) is 13.7 Å². The van der Waals surface area contributed by atoms with Crippen molar-refractivity contribution in [3.8, 4) is 11.5 Å². The van der Waals surface area contributed by atoms with Gasteiger partial charge in [-0.05, 0) is 47.7 Å². The summed E-state index contributed by atoms with van der Waals surface area (Å²) in [6, 6.07) is 12.2. The molecular formula is C22H28N2O4. The lowest BCUT2D eigenvalue weighted by Crippen LogP contribution is -2.41. The summed E-state index contributed by atoms with van der Waals surface area (Å²) in [5, 5.41) is 0. The summed E-state index contributed by atoms with van der Waals surface area (Å²) in [6.07, 6.45) is 0.869. The van der Waals surface area contributed by atoms with Gasteiger partial charge in [-0.2, -0.15) is 0 Å². The molecule has 2 N–H and O–H groups in total. The Morgan fingerprint density at radius 3 is 2.00 bits per heavy atom. The van der Waals surface area contributed by atoms with Crippen LogP contribution in [0.1, 0.15) is 60.4 Å². The fraction of sp³-hybridized carbons (Fsp3) is 0.364. The molecule has 0 saturated heterocycles. The summed E-state index contributed by atoms with van der Waals surface area (Å²) in [4.78, 5) is 24.6. The first-order chi connectivity index (χ1) is 13.3. The largest absolute Gasteiger partial charge is 0.493 e. The Bertz CT molecular complexity index is 823. The third-order valence-electron chi connectivity index (χ3n) is 4.19. The standard InChI is InChI=1S/C22H28N2O4/c1-6-13-28-18-12-9-16(14-19(18)27-5)21(26)24-23-20(25)15-7-10-17(11-8-15)22(2,3)4/h7-12,14H,6,13H2,1-5H3,(H,23,25)(H,24,26). The predicted octanol–water partition coefficient (Wildman–Crippen LogP) is 3.86. The zero-order valence-corrected chi connectivity index (χ0v) is 17.1. The Kier molecular flexibility index (Phi) is 7.04. The van der Waals surface area contributed by atoms with Gasteiger partial charge in [0.15, 0.2) is 11.5 Å². The number of carbonyl (C=O) groups excluding carboxylic acids is 2. The maximum atomic E-state index is 12.3. The number of methoxy groups -OCH3 is 1. The van der Waals surface area contributed by atoms with Gasteiger partial charge < -0.3 is 9.47 Å². The molecule has 0 heterocycles. The van der Waals surface area contributed by atoms with Crippen LogP contribution < -0.4 is 20.3 Å². The summed E-state index contributed by atoms with van der Waals surface area (Å²) >= 11 is 0. The first kappa shape index (κ1) is 21.3. The van der Waals surface area contributed by atoms with Crippen LogP contribution in [0.15, 0.2) is 42.5 Å². The van der Waals surface area contributed by atoms with E-state index in [0.29, 0.717) is 29.2 Å². The lowest BCUT2D eigenvalue weighted by atomic mass is 9.87. The molecule has 150 valence electrons. The number of ether oxygens (including phenoxy) is 2. The molecule has 2 aromatic carbocycles. The average Bonchev–Trinajstić information content (AvgIpc) is 2.69. The molecular weight excluding hydrogens is 356 g/mol. The minimum Gasteiger partial charge on any atom is -0.493 e. The molecule has 0 fully saturated rings. The molecule has 0 radical (unpaired) electrons. The molecule has 0 spiro atoms. The van der Waals surface area contributed by atoms with Crippen molar-refractivity contribution in [2.45, 2.75) is 39.5 Å². The summed E-state index contributed by atoms with van der Waals surface area (Å²) in [6.45, 7) is 8.89. The molecule has 6 nitrogen and oxygen atoms in total. The number of carbonyl (C=O) groups is 2. The second kappa shape index (κ2) is 9.26. The van der Waals surface area contributed by atoms with Crippen molar-refractivity contribution in [1.29, 1.82) is 0 Å². The van der Waals surface area contributed by atoms with E-state index in [4.69, 9.17) is 9.47 Å². The number of nitrogens with one attached hydrogen (secondary N) is 2. The molecule has 0 aromatic heterocycles. The predicted molar refractivity (Wildman–Crippen MR) is 109 cm³/mol. The molecule has 0 atom stereocenters. The quantitative estimate of drug-likeness (QED) is 0.742. The Hall–Kier alpha value is -3.02. The Balaban J connectivity index is 2.00. The molecule has 0 saturated carbocycles. The molecule has 0 aliphatic heterocycles. The van der Waals surface area contributed by atoms with Crippen molar-refractivity contribution in [3.63, 3.8) is 0 Å². The van der Waals surface area contributed by atoms with Gasteiger partial charge in [-0.1, -0.05) is 39.8 Å². The van der Waals surface area contributed by atoms with Crippen LogP contribution in [-0.4, -0.2) is 25.5 Å². The molecule has 0 aliphatic carbocycles. The topological polar surface area (TPSA) is 76.7 Å². The van der Waals surface area contributed by atoms with Crippen LogP contribution in [0.2, 0.25) is 0 Å². The number of rotatable bonds is 6. The minimum absolute atomic E-state index is 0.00921. The SMILES string of the molecule is CCCOc1ccc(C(=O)NNC(=O)c2ccc(C(C)(C)C)cc2)cc1OC. The first-order valence-electron chi connectivity index (χ1n) is 9.28. The molecule has 28 heavy (non-hydrogen) atoms. The number of hydrogen-bond donors (Lipinski definition) is 2. The average molecular weight is 384 g/mol. The number of amides is 2.